The molecular formula is C21H27ClN6O3. The van der Waals surface area contributed by atoms with Gasteiger partial charge in [0.05, 0.1) is 12.6 Å². The van der Waals surface area contributed by atoms with Gasteiger partial charge in [0.15, 0.2) is 5.82 Å². The molecule has 1 aromatic heterocycles. The molecule has 1 aliphatic heterocycles. The first-order valence-electron chi connectivity index (χ1n) is 10.3. The molecule has 0 bridgehead atoms. The van der Waals surface area contributed by atoms with Gasteiger partial charge in [-0.05, 0) is 61.2 Å². The van der Waals surface area contributed by atoms with Gasteiger partial charge in [0.1, 0.15) is 6.61 Å². The van der Waals surface area contributed by atoms with Gasteiger partial charge in [-0.2, -0.15) is 4.80 Å². The molecule has 0 radical (unpaired) electrons. The van der Waals surface area contributed by atoms with Crippen LogP contribution in [0.1, 0.15) is 36.7 Å². The Balaban J connectivity index is 1.62. The Morgan fingerprint density at radius 3 is 2.97 bits per heavy atom. The molecule has 0 aliphatic carbocycles. The van der Waals surface area contributed by atoms with E-state index in [1.807, 2.05) is 19.1 Å². The van der Waals surface area contributed by atoms with E-state index in [1.54, 1.807) is 30.0 Å². The zero-order chi connectivity index (χ0) is 22.2. The molecule has 2 amide bonds. The summed E-state index contributed by atoms with van der Waals surface area (Å²) >= 11 is 6.15. The Kier molecular flexibility index (Phi) is 8.13. The zero-order valence-electron chi connectivity index (χ0n) is 17.8. The fraction of sp³-hybridized carbons (Fsp3) is 0.476. The Labute approximate surface area is 186 Å². The second-order valence-electron chi connectivity index (χ2n) is 7.36. The Morgan fingerprint density at radius 1 is 1.39 bits per heavy atom. The minimum Gasteiger partial charge on any atom is -0.367 e. The highest BCUT2D eigenvalue weighted by Gasteiger charge is 2.23. The highest BCUT2D eigenvalue weighted by molar-refractivity contribution is 6.30. The van der Waals surface area contributed by atoms with Crippen molar-refractivity contribution in [3.05, 3.63) is 46.2 Å². The predicted molar refractivity (Wildman–Crippen MR) is 116 cm³/mol. The van der Waals surface area contributed by atoms with E-state index in [4.69, 9.17) is 16.3 Å². The number of aryl methyl sites for hydroxylation is 1. The van der Waals surface area contributed by atoms with E-state index in [-0.39, 0.29) is 24.5 Å². The molecule has 166 valence electrons. The van der Waals surface area contributed by atoms with E-state index in [0.717, 1.165) is 24.0 Å². The van der Waals surface area contributed by atoms with Crippen molar-refractivity contribution >= 4 is 29.5 Å². The number of likely N-dealkylation sites (N-methyl/N-ethyl adjacent to an activating group) is 1. The summed E-state index contributed by atoms with van der Waals surface area (Å²) < 4.78 is 5.67. The van der Waals surface area contributed by atoms with Crippen molar-refractivity contribution in [1.82, 2.24) is 30.4 Å². The van der Waals surface area contributed by atoms with Gasteiger partial charge in [0.25, 0.3) is 0 Å². The fourth-order valence-corrected chi connectivity index (χ4v) is 3.59. The van der Waals surface area contributed by atoms with Crippen LogP contribution in [0.25, 0.3) is 6.08 Å². The van der Waals surface area contributed by atoms with Gasteiger partial charge in [0.2, 0.25) is 11.8 Å². The van der Waals surface area contributed by atoms with Crippen molar-refractivity contribution in [2.75, 3.05) is 26.2 Å². The third kappa shape index (κ3) is 6.86. The maximum Gasteiger partial charge on any atom is 0.246 e. The van der Waals surface area contributed by atoms with Gasteiger partial charge in [-0.3, -0.25) is 9.59 Å². The molecule has 9 nitrogen and oxygen atoms in total. The van der Waals surface area contributed by atoms with Crippen LogP contribution < -0.4 is 5.32 Å². The number of amides is 2. The van der Waals surface area contributed by atoms with E-state index in [9.17, 15) is 9.59 Å². The number of hydrogen-bond acceptors (Lipinski definition) is 6. The number of rotatable bonds is 8. The summed E-state index contributed by atoms with van der Waals surface area (Å²) in [6.45, 7) is 5.75. The van der Waals surface area contributed by atoms with Crippen LogP contribution in [0, 0.1) is 6.92 Å². The lowest BCUT2D eigenvalue weighted by molar-refractivity contribution is -0.133. The van der Waals surface area contributed by atoms with Crippen LogP contribution in [0.15, 0.2) is 24.3 Å². The maximum atomic E-state index is 12.7. The monoisotopic (exact) mass is 446 g/mol. The lowest BCUT2D eigenvalue weighted by atomic mass is 10.1. The highest BCUT2D eigenvalue weighted by Crippen LogP contribution is 2.19. The maximum absolute atomic E-state index is 12.7. The molecule has 31 heavy (non-hydrogen) atoms. The van der Waals surface area contributed by atoms with Gasteiger partial charge >= 0.3 is 0 Å². The largest absolute Gasteiger partial charge is 0.367 e. The summed E-state index contributed by atoms with van der Waals surface area (Å²) in [6, 6.07) is 5.47. The second kappa shape index (κ2) is 11.0. The number of aromatic nitrogens is 4. The number of nitrogens with zero attached hydrogens (tertiary/aromatic N) is 5. The van der Waals surface area contributed by atoms with E-state index >= 15 is 0 Å². The third-order valence-electron chi connectivity index (χ3n) is 4.89. The predicted octanol–water partition coefficient (Wildman–Crippen LogP) is 1.84. The minimum absolute atomic E-state index is 0.0142. The van der Waals surface area contributed by atoms with Gasteiger partial charge in [0, 0.05) is 30.7 Å². The van der Waals surface area contributed by atoms with Crippen LogP contribution in [0.3, 0.4) is 0 Å². The molecule has 1 N–H and O–H groups in total. The molecule has 2 heterocycles. The van der Waals surface area contributed by atoms with Crippen molar-refractivity contribution in [2.45, 2.75) is 39.3 Å². The molecule has 1 saturated heterocycles. The molecule has 1 aliphatic rings. The van der Waals surface area contributed by atoms with Crippen molar-refractivity contribution in [3.63, 3.8) is 0 Å². The van der Waals surface area contributed by atoms with Gasteiger partial charge in [-0.1, -0.05) is 17.7 Å². The molecule has 1 atom stereocenters. The Bertz CT molecular complexity index is 945. The van der Waals surface area contributed by atoms with Crippen LogP contribution in [0.2, 0.25) is 5.02 Å². The van der Waals surface area contributed by atoms with Crippen molar-refractivity contribution < 1.29 is 14.3 Å². The average molecular weight is 447 g/mol. The standard InChI is InChI=1S/C21H27ClN6O3/c1-3-23-20(29)14-31-19-5-4-10-27(13-19)21(30)9-7-16-6-8-18(22)11-17(16)12-28-25-15(2)24-26-28/h6-9,11,19H,3-5,10,12-14H2,1-2H3,(H,23,29). The number of carbonyl (C=O) groups is 2. The van der Waals surface area contributed by atoms with Gasteiger partial charge in [-0.15, -0.1) is 10.2 Å². The fourth-order valence-electron chi connectivity index (χ4n) is 3.40. The molecular weight excluding hydrogens is 420 g/mol. The molecule has 1 fully saturated rings. The summed E-state index contributed by atoms with van der Waals surface area (Å²) in [5, 5.41) is 15.4. The quantitative estimate of drug-likeness (QED) is 0.621. The van der Waals surface area contributed by atoms with Gasteiger partial charge < -0.3 is 15.0 Å². The Hall–Kier alpha value is -2.78. The third-order valence-corrected chi connectivity index (χ3v) is 5.12. The summed E-state index contributed by atoms with van der Waals surface area (Å²) in [4.78, 5) is 27.6. The number of halogens is 1. The van der Waals surface area contributed by atoms with Crippen molar-refractivity contribution in [1.29, 1.82) is 0 Å². The number of nitrogens with one attached hydrogen (secondary N) is 1. The number of likely N-dealkylation sites (tertiary alicyclic amines) is 1. The zero-order valence-corrected chi connectivity index (χ0v) is 18.5. The lowest BCUT2D eigenvalue weighted by Gasteiger charge is -2.31. The first kappa shape index (κ1) is 22.9. The lowest BCUT2D eigenvalue weighted by Crippen LogP contribution is -2.43. The SMILES string of the molecule is CCNC(=O)COC1CCCN(C(=O)C=Cc2ccc(Cl)cc2Cn2nnc(C)n2)C1. The molecule has 1 aromatic carbocycles. The van der Waals surface area contributed by atoms with Crippen molar-refractivity contribution in [3.8, 4) is 0 Å². The first-order valence-corrected chi connectivity index (χ1v) is 10.7. The number of tetrazole rings is 1. The molecule has 0 saturated carbocycles. The van der Waals surface area contributed by atoms with Crippen LogP contribution >= 0.6 is 11.6 Å². The molecule has 10 heteroatoms. The summed E-state index contributed by atoms with van der Waals surface area (Å²) in [5.41, 5.74) is 1.74. The molecule has 1 unspecified atom stereocenters. The number of benzene rings is 1. The topological polar surface area (TPSA) is 102 Å². The molecule has 0 spiro atoms. The molecule has 2 aromatic rings. The second-order valence-corrected chi connectivity index (χ2v) is 7.79. The number of piperidine rings is 1. The smallest absolute Gasteiger partial charge is 0.246 e. The van der Waals surface area contributed by atoms with Crippen LogP contribution in [-0.4, -0.2) is 69.3 Å². The summed E-state index contributed by atoms with van der Waals surface area (Å²) in [5.74, 6) is 0.350. The average Bonchev–Trinajstić information content (AvgIpc) is 3.16. The summed E-state index contributed by atoms with van der Waals surface area (Å²) in [6.07, 6.45) is 4.86. The van der Waals surface area contributed by atoms with Crippen LogP contribution in [0.4, 0.5) is 0 Å². The normalized spacial score (nSPS) is 16.6. The van der Waals surface area contributed by atoms with Crippen molar-refractivity contribution in [2.24, 2.45) is 0 Å². The highest BCUT2D eigenvalue weighted by atomic mass is 35.5. The van der Waals surface area contributed by atoms with Crippen LogP contribution in [-0.2, 0) is 20.9 Å². The molecule has 3 rings (SSSR count). The summed E-state index contributed by atoms with van der Waals surface area (Å²) in [7, 11) is 0. The van der Waals surface area contributed by atoms with E-state index in [0.29, 0.717) is 37.0 Å². The van der Waals surface area contributed by atoms with E-state index < -0.39 is 0 Å². The van der Waals surface area contributed by atoms with E-state index in [2.05, 4.69) is 20.7 Å². The van der Waals surface area contributed by atoms with Crippen LogP contribution in [0.5, 0.6) is 0 Å². The number of hydrogen-bond donors (Lipinski definition) is 1. The van der Waals surface area contributed by atoms with Gasteiger partial charge in [-0.25, -0.2) is 0 Å². The first-order chi connectivity index (χ1) is 14.9. The number of ether oxygens (including phenoxy) is 1. The Morgan fingerprint density at radius 2 is 2.23 bits per heavy atom. The number of carbonyl (C=O) groups excluding carboxylic acids is 2. The minimum atomic E-state index is -0.141. The van der Waals surface area contributed by atoms with E-state index in [1.165, 1.54) is 4.80 Å².